The summed E-state index contributed by atoms with van der Waals surface area (Å²) in [5.74, 6) is 1.34. The first-order valence-corrected chi connectivity index (χ1v) is 12.0. The van der Waals surface area contributed by atoms with Gasteiger partial charge in [-0.15, -0.1) is 0 Å². The van der Waals surface area contributed by atoms with E-state index in [-0.39, 0.29) is 18.1 Å². The van der Waals surface area contributed by atoms with Crippen LogP contribution in [0.5, 0.6) is 5.75 Å². The molecule has 0 bridgehead atoms. The van der Waals surface area contributed by atoms with E-state index in [1.54, 1.807) is 12.4 Å². The molecule has 2 atom stereocenters. The van der Waals surface area contributed by atoms with E-state index in [2.05, 4.69) is 42.0 Å². The minimum atomic E-state index is -0.166. The smallest absolute Gasteiger partial charge is 0.270 e. The fraction of sp³-hybridized carbons (Fsp3) is 0.440. The van der Waals surface area contributed by atoms with Gasteiger partial charge < -0.3 is 19.9 Å². The standard InChI is InChI=1S/C25H31N7O2/c1-3-4-11-26-24(33)20-13-21(18-9-5-6-10-19(18)30-20)34-14-17-8-7-12-32(17)25-22-23(28-15-27-22)29-16-31(25)2/h5-6,9-10,13,15-17,25H,3-4,7-8,11-12,14H2,1-2H3,(H,26,33)(H,27,28)/t17-,25?/m1/s1. The van der Waals surface area contributed by atoms with Crippen LogP contribution >= 0.6 is 0 Å². The second kappa shape index (κ2) is 9.80. The monoisotopic (exact) mass is 461 g/mol. The number of likely N-dealkylation sites (tertiary alicyclic amines) is 1. The lowest BCUT2D eigenvalue weighted by Gasteiger charge is -2.38. The minimum absolute atomic E-state index is 0.0175. The summed E-state index contributed by atoms with van der Waals surface area (Å²) in [5.41, 5.74) is 2.09. The zero-order chi connectivity index (χ0) is 23.5. The van der Waals surface area contributed by atoms with Crippen LogP contribution in [0.1, 0.15) is 55.0 Å². The van der Waals surface area contributed by atoms with Crippen LogP contribution in [-0.2, 0) is 0 Å². The molecule has 2 aliphatic rings. The maximum absolute atomic E-state index is 12.7. The van der Waals surface area contributed by atoms with Crippen molar-refractivity contribution in [1.82, 2.24) is 30.1 Å². The number of rotatable bonds is 8. The summed E-state index contributed by atoms with van der Waals surface area (Å²) < 4.78 is 6.40. The van der Waals surface area contributed by atoms with Crippen LogP contribution in [0, 0.1) is 0 Å². The topological polar surface area (TPSA) is 98.7 Å². The summed E-state index contributed by atoms with van der Waals surface area (Å²) in [6.45, 7) is 4.23. The van der Waals surface area contributed by atoms with E-state index in [0.717, 1.165) is 54.6 Å². The van der Waals surface area contributed by atoms with Gasteiger partial charge in [0.15, 0.2) is 5.82 Å². The Labute approximate surface area is 199 Å². The van der Waals surface area contributed by atoms with E-state index in [1.807, 2.05) is 37.7 Å². The summed E-state index contributed by atoms with van der Waals surface area (Å²) in [7, 11) is 2.03. The lowest BCUT2D eigenvalue weighted by Crippen LogP contribution is -2.45. The van der Waals surface area contributed by atoms with Crippen molar-refractivity contribution in [3.8, 4) is 5.75 Å². The number of imidazole rings is 1. The quantitative estimate of drug-likeness (QED) is 0.497. The zero-order valence-corrected chi connectivity index (χ0v) is 19.7. The molecule has 1 amide bonds. The predicted molar refractivity (Wildman–Crippen MR) is 131 cm³/mol. The van der Waals surface area contributed by atoms with Crippen molar-refractivity contribution >= 4 is 29.0 Å². The lowest BCUT2D eigenvalue weighted by molar-refractivity contribution is 0.0673. The number of H-pyrrole nitrogens is 1. The first-order chi connectivity index (χ1) is 16.7. The molecule has 178 valence electrons. The van der Waals surface area contributed by atoms with Gasteiger partial charge in [0.05, 0.1) is 18.2 Å². The highest BCUT2D eigenvalue weighted by Crippen LogP contribution is 2.36. The van der Waals surface area contributed by atoms with Crippen molar-refractivity contribution in [2.75, 3.05) is 26.7 Å². The molecule has 1 saturated heterocycles. The van der Waals surface area contributed by atoms with Gasteiger partial charge in [0.1, 0.15) is 29.9 Å². The lowest BCUT2D eigenvalue weighted by atomic mass is 10.1. The highest BCUT2D eigenvalue weighted by Gasteiger charge is 2.37. The molecule has 5 rings (SSSR count). The van der Waals surface area contributed by atoms with E-state index in [0.29, 0.717) is 24.6 Å². The highest BCUT2D eigenvalue weighted by atomic mass is 16.5. The van der Waals surface area contributed by atoms with Gasteiger partial charge in [-0.05, 0) is 31.4 Å². The van der Waals surface area contributed by atoms with Crippen molar-refractivity contribution in [3.63, 3.8) is 0 Å². The fourth-order valence-electron chi connectivity index (χ4n) is 4.78. The van der Waals surface area contributed by atoms with Gasteiger partial charge in [-0.1, -0.05) is 25.5 Å². The number of carbonyl (C=O) groups excluding carboxylic acids is 1. The number of amides is 1. The Morgan fingerprint density at radius 3 is 3.09 bits per heavy atom. The summed E-state index contributed by atoms with van der Waals surface area (Å²) in [5, 5.41) is 3.87. The normalized spacial score (nSPS) is 20.0. The van der Waals surface area contributed by atoms with Crippen LogP contribution in [0.2, 0.25) is 0 Å². The first kappa shape index (κ1) is 22.3. The van der Waals surface area contributed by atoms with Crippen LogP contribution in [0.4, 0.5) is 5.82 Å². The maximum atomic E-state index is 12.7. The van der Waals surface area contributed by atoms with Crippen LogP contribution in [0.15, 0.2) is 41.7 Å². The highest BCUT2D eigenvalue weighted by molar-refractivity contribution is 5.97. The molecule has 2 aromatic heterocycles. The number of carbonyl (C=O) groups is 1. The number of pyridine rings is 1. The Balaban J connectivity index is 1.36. The number of aromatic amines is 1. The number of para-hydroxylation sites is 1. The Hall–Kier alpha value is -3.46. The van der Waals surface area contributed by atoms with Gasteiger partial charge in [0.25, 0.3) is 5.91 Å². The van der Waals surface area contributed by atoms with Crippen LogP contribution < -0.4 is 10.1 Å². The number of benzene rings is 1. The molecule has 2 N–H and O–H groups in total. The predicted octanol–water partition coefficient (Wildman–Crippen LogP) is 3.64. The number of fused-ring (bicyclic) bond motifs is 2. The summed E-state index contributed by atoms with van der Waals surface area (Å²) in [4.78, 5) is 33.9. The first-order valence-electron chi connectivity index (χ1n) is 12.0. The summed E-state index contributed by atoms with van der Waals surface area (Å²) >= 11 is 0. The number of ether oxygens (including phenoxy) is 1. The number of unbranched alkanes of at least 4 members (excludes halogenated alkanes) is 1. The Bertz CT molecular complexity index is 1190. The molecule has 2 aliphatic heterocycles. The van der Waals surface area contributed by atoms with E-state index in [9.17, 15) is 4.79 Å². The number of nitrogens with one attached hydrogen (secondary N) is 2. The molecule has 0 spiro atoms. The molecule has 9 heteroatoms. The van der Waals surface area contributed by atoms with Crippen molar-refractivity contribution in [2.45, 2.75) is 44.8 Å². The van der Waals surface area contributed by atoms with Crippen molar-refractivity contribution < 1.29 is 9.53 Å². The van der Waals surface area contributed by atoms with E-state index in [4.69, 9.17) is 4.74 Å². The molecular weight excluding hydrogens is 430 g/mol. The fourth-order valence-corrected chi connectivity index (χ4v) is 4.78. The van der Waals surface area contributed by atoms with Gasteiger partial charge in [-0.25, -0.2) is 15.0 Å². The van der Waals surface area contributed by atoms with Crippen LogP contribution in [0.25, 0.3) is 10.9 Å². The number of aromatic nitrogens is 3. The van der Waals surface area contributed by atoms with Crippen molar-refractivity contribution in [2.24, 2.45) is 4.99 Å². The molecule has 4 heterocycles. The van der Waals surface area contributed by atoms with Gasteiger partial charge in [0, 0.05) is 37.6 Å². The minimum Gasteiger partial charge on any atom is -0.491 e. The van der Waals surface area contributed by atoms with E-state index >= 15 is 0 Å². The number of hydrogen-bond donors (Lipinski definition) is 2. The molecule has 0 aliphatic carbocycles. The molecule has 0 saturated carbocycles. The van der Waals surface area contributed by atoms with Crippen LogP contribution in [0.3, 0.4) is 0 Å². The average molecular weight is 462 g/mol. The Morgan fingerprint density at radius 1 is 1.32 bits per heavy atom. The van der Waals surface area contributed by atoms with Crippen LogP contribution in [-0.4, -0.2) is 69.8 Å². The molecule has 1 fully saturated rings. The molecule has 0 radical (unpaired) electrons. The van der Waals surface area contributed by atoms with Gasteiger partial charge >= 0.3 is 0 Å². The molecule has 3 aromatic rings. The Morgan fingerprint density at radius 2 is 2.21 bits per heavy atom. The number of hydrogen-bond acceptors (Lipinski definition) is 7. The second-order valence-corrected chi connectivity index (χ2v) is 8.90. The third-order valence-corrected chi connectivity index (χ3v) is 6.54. The van der Waals surface area contributed by atoms with Gasteiger partial charge in [-0.3, -0.25) is 9.69 Å². The average Bonchev–Trinajstić information content (AvgIpc) is 3.52. The molecule has 1 unspecified atom stereocenters. The van der Waals surface area contributed by atoms with Crippen molar-refractivity contribution in [3.05, 3.63) is 48.0 Å². The number of aliphatic imine (C=N–C) groups is 1. The third kappa shape index (κ3) is 4.35. The van der Waals surface area contributed by atoms with Gasteiger partial charge in [-0.2, -0.15) is 0 Å². The second-order valence-electron chi connectivity index (χ2n) is 8.90. The van der Waals surface area contributed by atoms with E-state index in [1.165, 1.54) is 0 Å². The maximum Gasteiger partial charge on any atom is 0.270 e. The molecule has 9 nitrogen and oxygen atoms in total. The van der Waals surface area contributed by atoms with Gasteiger partial charge in [0.2, 0.25) is 0 Å². The Kier molecular flexibility index (Phi) is 6.44. The zero-order valence-electron chi connectivity index (χ0n) is 19.7. The van der Waals surface area contributed by atoms with Crippen molar-refractivity contribution in [1.29, 1.82) is 0 Å². The summed E-state index contributed by atoms with van der Waals surface area (Å²) in [6.07, 6.45) is 7.67. The third-order valence-electron chi connectivity index (χ3n) is 6.54. The largest absolute Gasteiger partial charge is 0.491 e. The number of nitrogens with zero attached hydrogens (tertiary/aromatic N) is 5. The molecule has 34 heavy (non-hydrogen) atoms. The summed E-state index contributed by atoms with van der Waals surface area (Å²) in [6, 6.07) is 9.80. The van der Waals surface area contributed by atoms with E-state index < -0.39 is 0 Å². The molecular formula is C25H31N7O2. The SMILES string of the molecule is CCCCNC(=O)c1cc(OC[C@H]2CCCN2C2c3nc[nH]c3N=CN2C)c2ccccc2n1. The molecule has 1 aromatic carbocycles.